The lowest BCUT2D eigenvalue weighted by atomic mass is 9.97. The molecule has 0 unspecified atom stereocenters. The average Bonchev–Trinajstić information content (AvgIpc) is 2.56. The Balaban J connectivity index is 2.21. The third-order valence-corrected chi connectivity index (χ3v) is 3.84. The molecule has 0 aliphatic heterocycles. The Bertz CT molecular complexity index is 856. The molecule has 0 fully saturated rings. The van der Waals surface area contributed by atoms with E-state index in [9.17, 15) is 4.79 Å². The summed E-state index contributed by atoms with van der Waals surface area (Å²) in [5.74, 6) is -0.496. The molecule has 0 bridgehead atoms. The number of aryl methyl sites for hydroxylation is 1. The summed E-state index contributed by atoms with van der Waals surface area (Å²) in [6, 6.07) is 17.4. The molecular weight excluding hydrogens is 286 g/mol. The maximum absolute atomic E-state index is 12.0. The highest BCUT2D eigenvalue weighted by atomic mass is 16.1. The minimum atomic E-state index is -0.496. The molecule has 1 amide bonds. The monoisotopic (exact) mass is 303 g/mol. The van der Waals surface area contributed by atoms with Gasteiger partial charge in [-0.15, -0.1) is 10.2 Å². The van der Waals surface area contributed by atoms with Crippen LogP contribution in [0.2, 0.25) is 0 Å². The highest BCUT2D eigenvalue weighted by molar-refractivity contribution is 6.01. The van der Waals surface area contributed by atoms with Crippen LogP contribution in [0.4, 0.5) is 0 Å². The van der Waals surface area contributed by atoms with Crippen LogP contribution >= 0.6 is 0 Å². The van der Waals surface area contributed by atoms with E-state index in [2.05, 4.69) is 10.2 Å². The third-order valence-electron chi connectivity index (χ3n) is 3.84. The number of aromatic nitrogens is 2. The topological polar surface area (TPSA) is 68.9 Å². The van der Waals surface area contributed by atoms with Gasteiger partial charge in [-0.2, -0.15) is 0 Å². The van der Waals surface area contributed by atoms with Crippen LogP contribution < -0.4 is 5.73 Å². The number of amides is 1. The first kappa shape index (κ1) is 14.9. The second kappa shape index (κ2) is 6.01. The highest BCUT2D eigenvalue weighted by Crippen LogP contribution is 2.29. The van der Waals surface area contributed by atoms with Crippen LogP contribution in [0.5, 0.6) is 0 Å². The number of primary amides is 1. The second-order valence-electron chi connectivity index (χ2n) is 5.49. The van der Waals surface area contributed by atoms with Crippen LogP contribution in [0, 0.1) is 13.8 Å². The highest BCUT2D eigenvalue weighted by Gasteiger charge is 2.19. The molecule has 0 spiro atoms. The van der Waals surface area contributed by atoms with Crippen molar-refractivity contribution in [3.63, 3.8) is 0 Å². The molecule has 0 aliphatic rings. The molecule has 0 radical (unpaired) electrons. The second-order valence-corrected chi connectivity index (χ2v) is 5.49. The molecule has 114 valence electrons. The molecule has 3 aromatic rings. The summed E-state index contributed by atoms with van der Waals surface area (Å²) >= 11 is 0. The molecule has 2 N–H and O–H groups in total. The largest absolute Gasteiger partial charge is 0.366 e. The Kier molecular flexibility index (Phi) is 3.89. The quantitative estimate of drug-likeness (QED) is 0.804. The van der Waals surface area contributed by atoms with Crippen molar-refractivity contribution in [1.29, 1.82) is 0 Å². The van der Waals surface area contributed by atoms with Crippen LogP contribution in [0.15, 0.2) is 54.6 Å². The van der Waals surface area contributed by atoms with E-state index >= 15 is 0 Å². The molecule has 1 heterocycles. The number of rotatable bonds is 3. The minimum Gasteiger partial charge on any atom is -0.366 e. The van der Waals surface area contributed by atoms with Crippen LogP contribution in [0.1, 0.15) is 21.5 Å². The average molecular weight is 303 g/mol. The fourth-order valence-electron chi connectivity index (χ4n) is 2.61. The first-order valence-electron chi connectivity index (χ1n) is 7.37. The van der Waals surface area contributed by atoms with E-state index in [1.54, 1.807) is 0 Å². The lowest BCUT2D eigenvalue weighted by molar-refractivity contribution is 0.1000. The zero-order valence-electron chi connectivity index (χ0n) is 13.1. The van der Waals surface area contributed by atoms with Crippen LogP contribution in [-0.2, 0) is 0 Å². The summed E-state index contributed by atoms with van der Waals surface area (Å²) in [7, 11) is 0. The normalized spacial score (nSPS) is 10.5. The summed E-state index contributed by atoms with van der Waals surface area (Å²) in [5.41, 5.74) is 10.9. The van der Waals surface area contributed by atoms with Gasteiger partial charge in [0.05, 0.1) is 11.3 Å². The lowest BCUT2D eigenvalue weighted by Gasteiger charge is -2.12. The molecular formula is C19H17N3O. The van der Waals surface area contributed by atoms with Crippen molar-refractivity contribution in [3.05, 3.63) is 71.3 Å². The third kappa shape index (κ3) is 2.83. The van der Waals surface area contributed by atoms with Crippen molar-refractivity contribution in [3.8, 4) is 22.5 Å². The Hall–Kier alpha value is -3.01. The number of nitrogens with zero attached hydrogens (tertiary/aromatic N) is 2. The van der Waals surface area contributed by atoms with Crippen LogP contribution in [-0.4, -0.2) is 16.1 Å². The number of carbonyl (C=O) groups excluding carboxylic acids is 1. The fourth-order valence-corrected chi connectivity index (χ4v) is 2.61. The summed E-state index contributed by atoms with van der Waals surface area (Å²) in [6.45, 7) is 3.88. The van der Waals surface area contributed by atoms with Gasteiger partial charge in [-0.25, -0.2) is 0 Å². The number of carbonyl (C=O) groups is 1. The minimum absolute atomic E-state index is 0.418. The number of hydrogen-bond acceptors (Lipinski definition) is 3. The van der Waals surface area contributed by atoms with E-state index in [0.717, 1.165) is 22.3 Å². The Morgan fingerprint density at radius 1 is 0.826 bits per heavy atom. The SMILES string of the molecule is Cc1ccc(-c2nnc(-c3ccccc3)c(C(N)=O)c2C)cc1. The number of hydrogen-bond donors (Lipinski definition) is 1. The summed E-state index contributed by atoms with van der Waals surface area (Å²) in [6.07, 6.45) is 0. The Morgan fingerprint density at radius 2 is 1.39 bits per heavy atom. The molecule has 4 nitrogen and oxygen atoms in total. The first-order valence-corrected chi connectivity index (χ1v) is 7.37. The molecule has 3 rings (SSSR count). The van der Waals surface area contributed by atoms with Gasteiger partial charge in [-0.05, 0) is 19.4 Å². The van der Waals surface area contributed by atoms with E-state index in [4.69, 9.17) is 5.73 Å². The lowest BCUT2D eigenvalue weighted by Crippen LogP contribution is -2.17. The zero-order valence-corrected chi connectivity index (χ0v) is 13.1. The van der Waals surface area contributed by atoms with Gasteiger partial charge in [0.2, 0.25) is 0 Å². The van der Waals surface area contributed by atoms with Crippen molar-refractivity contribution >= 4 is 5.91 Å². The van der Waals surface area contributed by atoms with Gasteiger partial charge >= 0.3 is 0 Å². The Morgan fingerprint density at radius 3 is 2.00 bits per heavy atom. The maximum Gasteiger partial charge on any atom is 0.251 e. The van der Waals surface area contributed by atoms with Crippen molar-refractivity contribution in [1.82, 2.24) is 10.2 Å². The standard InChI is InChI=1S/C19H17N3O/c1-12-8-10-15(11-9-12)17-13(2)16(19(20)23)18(22-21-17)14-6-4-3-5-7-14/h3-11H,1-2H3,(H2,20,23). The smallest absolute Gasteiger partial charge is 0.251 e. The van der Waals surface area contributed by atoms with Crippen molar-refractivity contribution in [2.45, 2.75) is 13.8 Å². The van der Waals surface area contributed by atoms with E-state index in [-0.39, 0.29) is 0 Å². The van der Waals surface area contributed by atoms with Gasteiger partial charge in [0.1, 0.15) is 5.69 Å². The molecule has 0 aliphatic carbocycles. The van der Waals surface area contributed by atoms with Gasteiger partial charge in [0, 0.05) is 11.1 Å². The number of nitrogens with two attached hydrogens (primary N) is 1. The van der Waals surface area contributed by atoms with Crippen molar-refractivity contribution < 1.29 is 4.79 Å². The summed E-state index contributed by atoms with van der Waals surface area (Å²) in [4.78, 5) is 12.0. The Labute approximate surface area is 135 Å². The molecule has 0 atom stereocenters. The van der Waals surface area contributed by atoms with E-state index in [1.807, 2.05) is 68.4 Å². The van der Waals surface area contributed by atoms with Crippen molar-refractivity contribution in [2.24, 2.45) is 5.73 Å². The molecule has 0 saturated heterocycles. The van der Waals surface area contributed by atoms with E-state index in [0.29, 0.717) is 17.0 Å². The molecule has 23 heavy (non-hydrogen) atoms. The van der Waals surface area contributed by atoms with Crippen LogP contribution in [0.3, 0.4) is 0 Å². The number of benzene rings is 2. The van der Waals surface area contributed by atoms with E-state index < -0.39 is 5.91 Å². The fraction of sp³-hybridized carbons (Fsp3) is 0.105. The molecule has 0 saturated carbocycles. The molecule has 4 heteroatoms. The van der Waals surface area contributed by atoms with Crippen molar-refractivity contribution in [2.75, 3.05) is 0 Å². The summed E-state index contributed by atoms with van der Waals surface area (Å²) < 4.78 is 0. The zero-order chi connectivity index (χ0) is 16.4. The van der Waals surface area contributed by atoms with Crippen LogP contribution in [0.25, 0.3) is 22.5 Å². The van der Waals surface area contributed by atoms with Gasteiger partial charge in [0.15, 0.2) is 0 Å². The molecule has 2 aromatic carbocycles. The van der Waals surface area contributed by atoms with Gasteiger partial charge in [-0.3, -0.25) is 4.79 Å². The molecule has 1 aromatic heterocycles. The van der Waals surface area contributed by atoms with Gasteiger partial charge in [0.25, 0.3) is 5.91 Å². The predicted octanol–water partition coefficient (Wildman–Crippen LogP) is 3.53. The summed E-state index contributed by atoms with van der Waals surface area (Å²) in [5, 5.41) is 8.62. The van der Waals surface area contributed by atoms with Gasteiger partial charge < -0.3 is 5.73 Å². The van der Waals surface area contributed by atoms with Gasteiger partial charge in [-0.1, -0.05) is 60.2 Å². The van der Waals surface area contributed by atoms with E-state index in [1.165, 1.54) is 0 Å². The first-order chi connectivity index (χ1) is 11.1. The maximum atomic E-state index is 12.0. The predicted molar refractivity (Wildman–Crippen MR) is 90.9 cm³/mol.